The Morgan fingerprint density at radius 2 is 1.62 bits per heavy atom. The largest absolute Gasteiger partial charge is 0.312 e. The fourth-order valence-corrected chi connectivity index (χ4v) is 3.78. The van der Waals surface area contributed by atoms with E-state index in [9.17, 15) is 13.2 Å². The highest BCUT2D eigenvalue weighted by Gasteiger charge is 2.20. The van der Waals surface area contributed by atoms with Gasteiger partial charge >= 0.3 is 0 Å². The number of sulfonamides is 1. The fourth-order valence-electron chi connectivity index (χ4n) is 2.72. The Hall–Kier alpha value is -2.34. The highest BCUT2D eigenvalue weighted by molar-refractivity contribution is 7.92. The molecule has 126 valence electrons. The third-order valence-corrected chi connectivity index (χ3v) is 5.48. The van der Waals surface area contributed by atoms with Gasteiger partial charge in [0.25, 0.3) is 10.0 Å². The van der Waals surface area contributed by atoms with E-state index in [0.29, 0.717) is 18.7 Å². The number of piperidine rings is 1. The van der Waals surface area contributed by atoms with Crippen LogP contribution >= 0.6 is 0 Å². The first-order chi connectivity index (χ1) is 11.5. The molecule has 5 nitrogen and oxygen atoms in total. The molecule has 0 unspecified atom stereocenters. The van der Waals surface area contributed by atoms with E-state index in [1.807, 2.05) is 6.92 Å². The van der Waals surface area contributed by atoms with Gasteiger partial charge in [0, 0.05) is 24.3 Å². The van der Waals surface area contributed by atoms with Crippen LogP contribution in [0.4, 0.5) is 11.4 Å². The minimum Gasteiger partial charge on any atom is -0.312 e. The van der Waals surface area contributed by atoms with Gasteiger partial charge in [-0.05, 0) is 56.2 Å². The van der Waals surface area contributed by atoms with E-state index in [4.69, 9.17) is 0 Å². The maximum atomic E-state index is 12.4. The molecule has 24 heavy (non-hydrogen) atoms. The second-order valence-corrected chi connectivity index (χ2v) is 7.65. The minimum atomic E-state index is -3.61. The maximum Gasteiger partial charge on any atom is 0.261 e. The topological polar surface area (TPSA) is 66.5 Å². The zero-order valence-corrected chi connectivity index (χ0v) is 14.3. The smallest absolute Gasteiger partial charge is 0.261 e. The summed E-state index contributed by atoms with van der Waals surface area (Å²) >= 11 is 0. The monoisotopic (exact) mass is 344 g/mol. The molecule has 1 fully saturated rings. The van der Waals surface area contributed by atoms with Gasteiger partial charge in [-0.2, -0.15) is 0 Å². The third-order valence-electron chi connectivity index (χ3n) is 4.09. The Balaban J connectivity index is 1.76. The number of amides is 1. The van der Waals surface area contributed by atoms with Crippen LogP contribution in [-0.4, -0.2) is 20.9 Å². The zero-order valence-electron chi connectivity index (χ0n) is 13.5. The van der Waals surface area contributed by atoms with E-state index >= 15 is 0 Å². The summed E-state index contributed by atoms with van der Waals surface area (Å²) in [6, 6.07) is 13.6. The van der Waals surface area contributed by atoms with Crippen molar-refractivity contribution in [1.29, 1.82) is 0 Å². The van der Waals surface area contributed by atoms with E-state index in [1.54, 1.807) is 53.4 Å². The molecule has 1 aliphatic rings. The van der Waals surface area contributed by atoms with E-state index in [0.717, 1.165) is 24.1 Å². The standard InChI is InChI=1S/C18H20N2O3S/c1-14-5-11-17(12-6-14)24(22,23)19-15-7-9-16(10-8-15)20-13-3-2-4-18(20)21/h5-12,19H,2-4,13H2,1H3. The van der Waals surface area contributed by atoms with Gasteiger partial charge in [-0.3, -0.25) is 9.52 Å². The van der Waals surface area contributed by atoms with Gasteiger partial charge in [0.15, 0.2) is 0 Å². The number of nitrogens with zero attached hydrogens (tertiary/aromatic N) is 1. The summed E-state index contributed by atoms with van der Waals surface area (Å²) in [4.78, 5) is 13.9. The fraction of sp³-hybridized carbons (Fsp3) is 0.278. The van der Waals surface area contributed by atoms with Crippen LogP contribution in [0.1, 0.15) is 24.8 Å². The van der Waals surface area contributed by atoms with Gasteiger partial charge in [0.1, 0.15) is 0 Å². The van der Waals surface area contributed by atoms with Crippen LogP contribution in [-0.2, 0) is 14.8 Å². The van der Waals surface area contributed by atoms with Crippen LogP contribution in [0, 0.1) is 6.92 Å². The van der Waals surface area contributed by atoms with E-state index in [2.05, 4.69) is 4.72 Å². The normalized spacial score (nSPS) is 15.4. The first-order valence-electron chi connectivity index (χ1n) is 7.96. The third kappa shape index (κ3) is 3.59. The van der Waals surface area contributed by atoms with Crippen LogP contribution in [0.15, 0.2) is 53.4 Å². The van der Waals surface area contributed by atoms with Crippen molar-refractivity contribution >= 4 is 27.3 Å². The summed E-state index contributed by atoms with van der Waals surface area (Å²) < 4.78 is 27.3. The lowest BCUT2D eigenvalue weighted by Gasteiger charge is -2.26. The summed E-state index contributed by atoms with van der Waals surface area (Å²) in [5.74, 6) is 0.120. The van der Waals surface area contributed by atoms with E-state index < -0.39 is 10.0 Å². The average Bonchev–Trinajstić information content (AvgIpc) is 2.56. The molecule has 3 rings (SSSR count). The molecule has 2 aromatic carbocycles. The van der Waals surface area contributed by atoms with Crippen LogP contribution in [0.2, 0.25) is 0 Å². The van der Waals surface area contributed by atoms with Gasteiger partial charge < -0.3 is 4.90 Å². The quantitative estimate of drug-likeness (QED) is 0.925. The molecule has 6 heteroatoms. The summed E-state index contributed by atoms with van der Waals surface area (Å²) in [7, 11) is -3.61. The molecule has 1 N–H and O–H groups in total. The first-order valence-corrected chi connectivity index (χ1v) is 9.44. The van der Waals surface area contributed by atoms with Crippen molar-refractivity contribution < 1.29 is 13.2 Å². The van der Waals surface area contributed by atoms with Crippen LogP contribution < -0.4 is 9.62 Å². The summed E-state index contributed by atoms with van der Waals surface area (Å²) in [6.45, 7) is 2.62. The lowest BCUT2D eigenvalue weighted by Crippen LogP contribution is -2.35. The molecule has 0 radical (unpaired) electrons. The average molecular weight is 344 g/mol. The maximum absolute atomic E-state index is 12.4. The highest BCUT2D eigenvalue weighted by Crippen LogP contribution is 2.24. The van der Waals surface area contributed by atoms with Crippen molar-refractivity contribution in [3.05, 3.63) is 54.1 Å². The van der Waals surface area contributed by atoms with Gasteiger partial charge in [-0.1, -0.05) is 17.7 Å². The van der Waals surface area contributed by atoms with Crippen molar-refractivity contribution in [2.75, 3.05) is 16.2 Å². The molecular formula is C18H20N2O3S. The highest BCUT2D eigenvalue weighted by atomic mass is 32.2. The van der Waals surface area contributed by atoms with Gasteiger partial charge in [0.05, 0.1) is 4.90 Å². The molecule has 0 aliphatic carbocycles. The molecule has 0 spiro atoms. The molecular weight excluding hydrogens is 324 g/mol. The summed E-state index contributed by atoms with van der Waals surface area (Å²) in [5.41, 5.74) is 2.28. The number of rotatable bonds is 4. The van der Waals surface area contributed by atoms with Crippen molar-refractivity contribution in [2.24, 2.45) is 0 Å². The number of nitrogens with one attached hydrogen (secondary N) is 1. The van der Waals surface area contributed by atoms with Gasteiger partial charge in [0.2, 0.25) is 5.91 Å². The minimum absolute atomic E-state index is 0.120. The number of anilines is 2. The van der Waals surface area contributed by atoms with Crippen molar-refractivity contribution in [1.82, 2.24) is 0 Å². The van der Waals surface area contributed by atoms with Crippen LogP contribution in [0.5, 0.6) is 0 Å². The van der Waals surface area contributed by atoms with Crippen molar-refractivity contribution in [3.8, 4) is 0 Å². The van der Waals surface area contributed by atoms with Gasteiger partial charge in [-0.25, -0.2) is 8.42 Å². The molecule has 2 aromatic rings. The summed E-state index contributed by atoms with van der Waals surface area (Å²) in [6.07, 6.45) is 2.50. The predicted octanol–water partition coefficient (Wildman–Crippen LogP) is 3.31. The van der Waals surface area contributed by atoms with Crippen LogP contribution in [0.25, 0.3) is 0 Å². The second kappa shape index (κ2) is 6.65. The molecule has 1 saturated heterocycles. The van der Waals surface area contributed by atoms with Crippen molar-refractivity contribution in [2.45, 2.75) is 31.1 Å². The molecule has 1 amide bonds. The number of carbonyl (C=O) groups excluding carboxylic acids is 1. The number of carbonyl (C=O) groups is 1. The van der Waals surface area contributed by atoms with E-state index in [-0.39, 0.29) is 10.8 Å². The number of benzene rings is 2. The molecule has 1 aliphatic heterocycles. The van der Waals surface area contributed by atoms with E-state index in [1.165, 1.54) is 0 Å². The molecule has 0 saturated carbocycles. The SMILES string of the molecule is Cc1ccc(S(=O)(=O)Nc2ccc(N3CCCCC3=O)cc2)cc1. The molecule has 0 bridgehead atoms. The Morgan fingerprint density at radius 1 is 0.958 bits per heavy atom. The van der Waals surface area contributed by atoms with Crippen LogP contribution in [0.3, 0.4) is 0 Å². The number of hydrogen-bond donors (Lipinski definition) is 1. The number of hydrogen-bond acceptors (Lipinski definition) is 3. The zero-order chi connectivity index (χ0) is 17.2. The number of aryl methyl sites for hydroxylation is 1. The van der Waals surface area contributed by atoms with Crippen molar-refractivity contribution in [3.63, 3.8) is 0 Å². The lowest BCUT2D eigenvalue weighted by atomic mass is 10.1. The Kier molecular flexibility index (Phi) is 4.57. The molecule has 0 atom stereocenters. The Morgan fingerprint density at radius 3 is 2.25 bits per heavy atom. The Labute approximate surface area is 142 Å². The summed E-state index contributed by atoms with van der Waals surface area (Å²) in [5, 5.41) is 0. The molecule has 0 aromatic heterocycles. The Bertz CT molecular complexity index is 828. The molecule has 1 heterocycles. The second-order valence-electron chi connectivity index (χ2n) is 5.97. The predicted molar refractivity (Wildman–Crippen MR) is 94.6 cm³/mol. The van der Waals surface area contributed by atoms with Gasteiger partial charge in [-0.15, -0.1) is 0 Å². The lowest BCUT2D eigenvalue weighted by molar-refractivity contribution is -0.119. The first kappa shape index (κ1) is 16.5.